The molecule has 1 aliphatic rings. The van der Waals surface area contributed by atoms with E-state index < -0.39 is 5.91 Å². The molecule has 0 saturated carbocycles. The number of ketones is 1. The number of hydrogen-bond donors (Lipinski definition) is 2. The molecule has 2 atom stereocenters. The van der Waals surface area contributed by atoms with Crippen LogP contribution in [0.25, 0.3) is 12.2 Å². The van der Waals surface area contributed by atoms with E-state index in [1.54, 1.807) is 43.3 Å². The average molecular weight is 449 g/mol. The van der Waals surface area contributed by atoms with Gasteiger partial charge in [0.25, 0.3) is 5.91 Å². The van der Waals surface area contributed by atoms with Crippen LogP contribution in [0.2, 0.25) is 0 Å². The lowest BCUT2D eigenvalue weighted by molar-refractivity contribution is -0.133. The Labute approximate surface area is 193 Å². The van der Waals surface area contributed by atoms with Crippen LogP contribution >= 0.6 is 0 Å². The second-order valence-corrected chi connectivity index (χ2v) is 8.07. The number of hydrogen-bond acceptors (Lipinski definition) is 6. The number of nitrogens with zero attached hydrogens (tertiary/aromatic N) is 3. The Balaban J connectivity index is 1.65. The smallest absolute Gasteiger partial charge is 0.267 e. The van der Waals surface area contributed by atoms with Crippen LogP contribution < -0.4 is 10.4 Å². The number of carbonyl (C=O) groups excluding carboxylic acids is 3. The largest absolute Gasteiger partial charge is 0.367 e. The van der Waals surface area contributed by atoms with Crippen molar-refractivity contribution >= 4 is 35.4 Å². The van der Waals surface area contributed by atoms with Crippen molar-refractivity contribution in [2.24, 2.45) is 0 Å². The van der Waals surface area contributed by atoms with Crippen LogP contribution in [-0.2, 0) is 9.59 Å². The van der Waals surface area contributed by atoms with Gasteiger partial charge in [-0.1, -0.05) is 6.07 Å². The van der Waals surface area contributed by atoms with Gasteiger partial charge in [0.2, 0.25) is 5.91 Å². The number of benzene rings is 1. The standard InChI is InChI=1S/C25H28N4O4/c1-17-15-28(16-18(2)29(17)19(3)30)23-11-7-20(8-12-23)24(31)13-9-21-5-4-6-22(26-21)10-14-25(32)27-33/h4-14,17-18,33H,15-16H2,1-3H3,(H,27,32)/b13-9+,14-10+/t17-,18+. The van der Waals surface area contributed by atoms with Crippen molar-refractivity contribution in [2.45, 2.75) is 32.9 Å². The summed E-state index contributed by atoms with van der Waals surface area (Å²) in [4.78, 5) is 44.0. The van der Waals surface area contributed by atoms with Gasteiger partial charge in [0.15, 0.2) is 5.78 Å². The Morgan fingerprint density at radius 2 is 1.55 bits per heavy atom. The third-order valence-corrected chi connectivity index (χ3v) is 5.51. The number of aromatic nitrogens is 1. The van der Waals surface area contributed by atoms with Crippen LogP contribution in [-0.4, -0.2) is 57.9 Å². The first-order valence-corrected chi connectivity index (χ1v) is 10.7. The minimum atomic E-state index is -0.652. The highest BCUT2D eigenvalue weighted by atomic mass is 16.5. The number of allylic oxidation sites excluding steroid dienone is 1. The van der Waals surface area contributed by atoms with Crippen molar-refractivity contribution in [1.29, 1.82) is 0 Å². The number of piperazine rings is 1. The SMILES string of the molecule is CC(=O)N1[C@H](C)CN(c2ccc(C(=O)/C=C/c3cccc(/C=C/C(=O)NO)n3)cc2)C[C@@H]1C. The summed E-state index contributed by atoms with van der Waals surface area (Å²) in [6, 6.07) is 12.9. The third kappa shape index (κ3) is 6.14. The first kappa shape index (κ1) is 23.9. The molecule has 33 heavy (non-hydrogen) atoms. The van der Waals surface area contributed by atoms with Crippen LogP contribution in [0.15, 0.2) is 54.6 Å². The van der Waals surface area contributed by atoms with E-state index in [1.165, 1.54) is 17.6 Å². The summed E-state index contributed by atoms with van der Waals surface area (Å²) in [5, 5.41) is 8.53. The molecule has 0 bridgehead atoms. The fraction of sp³-hybridized carbons (Fsp3) is 0.280. The quantitative estimate of drug-likeness (QED) is 0.305. The van der Waals surface area contributed by atoms with E-state index in [1.807, 2.05) is 30.9 Å². The Morgan fingerprint density at radius 1 is 0.970 bits per heavy atom. The van der Waals surface area contributed by atoms with Crippen molar-refractivity contribution < 1.29 is 19.6 Å². The predicted molar refractivity (Wildman–Crippen MR) is 127 cm³/mol. The third-order valence-electron chi connectivity index (χ3n) is 5.51. The highest BCUT2D eigenvalue weighted by molar-refractivity contribution is 6.06. The maximum absolute atomic E-state index is 12.6. The van der Waals surface area contributed by atoms with Crippen molar-refractivity contribution in [2.75, 3.05) is 18.0 Å². The van der Waals surface area contributed by atoms with Crippen molar-refractivity contribution in [1.82, 2.24) is 15.4 Å². The summed E-state index contributed by atoms with van der Waals surface area (Å²) in [5.41, 5.74) is 4.18. The van der Waals surface area contributed by atoms with E-state index in [9.17, 15) is 14.4 Å². The first-order chi connectivity index (χ1) is 15.8. The molecule has 2 N–H and O–H groups in total. The van der Waals surface area contributed by atoms with Gasteiger partial charge in [0.05, 0.1) is 11.4 Å². The summed E-state index contributed by atoms with van der Waals surface area (Å²) < 4.78 is 0. The zero-order valence-electron chi connectivity index (χ0n) is 18.9. The number of carbonyl (C=O) groups is 3. The second kappa shape index (κ2) is 10.7. The Kier molecular flexibility index (Phi) is 7.74. The van der Waals surface area contributed by atoms with Gasteiger partial charge >= 0.3 is 0 Å². The molecule has 0 radical (unpaired) electrons. The molecular weight excluding hydrogens is 420 g/mol. The van der Waals surface area contributed by atoms with Crippen LogP contribution in [0.3, 0.4) is 0 Å². The number of amides is 2. The molecule has 2 heterocycles. The minimum Gasteiger partial charge on any atom is -0.367 e. The van der Waals surface area contributed by atoms with Crippen LogP contribution in [0.5, 0.6) is 0 Å². The number of hydroxylamine groups is 1. The molecule has 172 valence electrons. The Bertz CT molecular complexity index is 1070. The first-order valence-electron chi connectivity index (χ1n) is 10.7. The fourth-order valence-electron chi connectivity index (χ4n) is 4.10. The van der Waals surface area contributed by atoms with Crippen LogP contribution in [0.1, 0.15) is 42.5 Å². The average Bonchev–Trinajstić information content (AvgIpc) is 2.80. The number of anilines is 1. The molecule has 1 fully saturated rings. The van der Waals surface area contributed by atoms with Crippen molar-refractivity contribution in [3.8, 4) is 0 Å². The minimum absolute atomic E-state index is 0.0917. The molecule has 1 aromatic heterocycles. The van der Waals surface area contributed by atoms with Crippen molar-refractivity contribution in [3.63, 3.8) is 0 Å². The maximum Gasteiger partial charge on any atom is 0.267 e. The van der Waals surface area contributed by atoms with Gasteiger partial charge < -0.3 is 9.80 Å². The van der Waals surface area contributed by atoms with E-state index in [4.69, 9.17) is 5.21 Å². The highest BCUT2D eigenvalue weighted by Crippen LogP contribution is 2.23. The topological polar surface area (TPSA) is 103 Å². The molecular formula is C25H28N4O4. The van der Waals surface area contributed by atoms with E-state index in [-0.39, 0.29) is 23.8 Å². The zero-order chi connectivity index (χ0) is 24.0. The van der Waals surface area contributed by atoms with Crippen molar-refractivity contribution in [3.05, 3.63) is 71.6 Å². The van der Waals surface area contributed by atoms with Gasteiger partial charge in [-0.05, 0) is 68.5 Å². The molecule has 1 aromatic carbocycles. The molecule has 8 nitrogen and oxygen atoms in total. The molecule has 1 aliphatic heterocycles. The van der Waals surface area contributed by atoms with E-state index in [0.29, 0.717) is 17.0 Å². The summed E-state index contributed by atoms with van der Waals surface area (Å²) in [7, 11) is 0. The predicted octanol–water partition coefficient (Wildman–Crippen LogP) is 2.94. The van der Waals surface area contributed by atoms with Gasteiger partial charge in [-0.3, -0.25) is 19.6 Å². The lowest BCUT2D eigenvalue weighted by atomic mass is 10.1. The molecule has 0 aliphatic carbocycles. The Hall–Kier alpha value is -3.78. The summed E-state index contributed by atoms with van der Waals surface area (Å²) in [6.45, 7) is 7.19. The zero-order valence-corrected chi connectivity index (χ0v) is 18.9. The van der Waals surface area contributed by atoms with Gasteiger partial charge in [-0.15, -0.1) is 0 Å². The van der Waals surface area contributed by atoms with E-state index in [2.05, 4.69) is 9.88 Å². The van der Waals surface area contributed by atoms with Gasteiger partial charge in [0.1, 0.15) is 0 Å². The molecule has 2 aromatic rings. The van der Waals surface area contributed by atoms with Gasteiger partial charge in [-0.2, -0.15) is 0 Å². The molecule has 1 saturated heterocycles. The van der Waals surface area contributed by atoms with Gasteiger partial charge in [-0.25, -0.2) is 10.5 Å². The molecule has 8 heteroatoms. The molecule has 3 rings (SSSR count). The number of pyridine rings is 1. The molecule has 0 spiro atoms. The highest BCUT2D eigenvalue weighted by Gasteiger charge is 2.31. The lowest BCUT2D eigenvalue weighted by Crippen LogP contribution is -2.58. The summed E-state index contributed by atoms with van der Waals surface area (Å²) in [5.74, 6) is -0.706. The monoisotopic (exact) mass is 448 g/mol. The molecule has 0 unspecified atom stereocenters. The lowest BCUT2D eigenvalue weighted by Gasteiger charge is -2.45. The summed E-state index contributed by atoms with van der Waals surface area (Å²) >= 11 is 0. The normalized spacial score (nSPS) is 18.7. The van der Waals surface area contributed by atoms with Crippen LogP contribution in [0.4, 0.5) is 5.69 Å². The number of nitrogens with one attached hydrogen (secondary N) is 1. The maximum atomic E-state index is 12.6. The fourth-order valence-corrected chi connectivity index (χ4v) is 4.10. The van der Waals surface area contributed by atoms with E-state index in [0.717, 1.165) is 24.9 Å². The van der Waals surface area contributed by atoms with Crippen LogP contribution in [0, 0.1) is 0 Å². The second-order valence-electron chi connectivity index (χ2n) is 8.07. The van der Waals surface area contributed by atoms with E-state index >= 15 is 0 Å². The summed E-state index contributed by atoms with van der Waals surface area (Å²) in [6.07, 6.45) is 5.69. The number of rotatable bonds is 6. The van der Waals surface area contributed by atoms with Gasteiger partial charge in [0, 0.05) is 49.4 Å². The molecule has 2 amide bonds. The Morgan fingerprint density at radius 3 is 2.09 bits per heavy atom.